The summed E-state index contributed by atoms with van der Waals surface area (Å²) in [5.74, 6) is 0.586. The van der Waals surface area contributed by atoms with Crippen LogP contribution in [0.25, 0.3) is 11.1 Å². The highest BCUT2D eigenvalue weighted by Gasteiger charge is 2.05. The van der Waals surface area contributed by atoms with E-state index in [1.54, 1.807) is 0 Å². The minimum Gasteiger partial charge on any atom is -0.0622 e. The first-order chi connectivity index (χ1) is 7.68. The lowest BCUT2D eigenvalue weighted by Crippen LogP contribution is -1.90. The zero-order valence-corrected chi connectivity index (χ0v) is 10.2. The molecule has 2 aromatic carbocycles. The van der Waals surface area contributed by atoms with Gasteiger partial charge in [0, 0.05) is 0 Å². The first-order valence-corrected chi connectivity index (χ1v) is 5.84. The van der Waals surface area contributed by atoms with Gasteiger partial charge in [-0.2, -0.15) is 0 Å². The largest absolute Gasteiger partial charge is 0.0622 e. The fourth-order valence-corrected chi connectivity index (χ4v) is 1.93. The van der Waals surface area contributed by atoms with E-state index in [4.69, 9.17) is 0 Å². The molecule has 0 unspecified atom stereocenters. The van der Waals surface area contributed by atoms with Gasteiger partial charge in [0.05, 0.1) is 0 Å². The second-order valence-electron chi connectivity index (χ2n) is 4.60. The van der Waals surface area contributed by atoms with Crippen molar-refractivity contribution in [2.75, 3.05) is 0 Å². The molecule has 0 spiro atoms. The highest BCUT2D eigenvalue weighted by atomic mass is 14.1. The second kappa shape index (κ2) is 4.52. The predicted molar refractivity (Wildman–Crippen MR) is 70.7 cm³/mol. The summed E-state index contributed by atoms with van der Waals surface area (Å²) in [7, 11) is 0. The maximum Gasteiger partial charge on any atom is -0.0152 e. The topological polar surface area (TPSA) is 0 Å². The summed E-state index contributed by atoms with van der Waals surface area (Å²) >= 11 is 0. The average molecular weight is 210 g/mol. The van der Waals surface area contributed by atoms with Crippen molar-refractivity contribution in [2.45, 2.75) is 26.7 Å². The van der Waals surface area contributed by atoms with Crippen LogP contribution in [0.1, 0.15) is 30.9 Å². The second-order valence-corrected chi connectivity index (χ2v) is 4.60. The van der Waals surface area contributed by atoms with Gasteiger partial charge in [-0.3, -0.25) is 0 Å². The Bertz CT molecular complexity index is 467. The molecular formula is C16H18. The molecule has 0 aliphatic rings. The monoisotopic (exact) mass is 210 g/mol. The Kier molecular flexibility index (Phi) is 3.09. The highest BCUT2D eigenvalue weighted by Crippen LogP contribution is 2.27. The molecular weight excluding hydrogens is 192 g/mol. The number of hydrogen-bond acceptors (Lipinski definition) is 0. The van der Waals surface area contributed by atoms with E-state index >= 15 is 0 Å². The summed E-state index contributed by atoms with van der Waals surface area (Å²) in [6.45, 7) is 6.64. The molecule has 16 heavy (non-hydrogen) atoms. The van der Waals surface area contributed by atoms with Gasteiger partial charge in [-0.1, -0.05) is 62.4 Å². The third-order valence-electron chi connectivity index (χ3n) is 3.01. The van der Waals surface area contributed by atoms with Crippen molar-refractivity contribution in [3.8, 4) is 11.1 Å². The average Bonchev–Trinajstić information content (AvgIpc) is 2.30. The summed E-state index contributed by atoms with van der Waals surface area (Å²) in [6, 6.07) is 17.4. The van der Waals surface area contributed by atoms with E-state index in [1.807, 2.05) is 0 Å². The van der Waals surface area contributed by atoms with Crippen molar-refractivity contribution in [1.29, 1.82) is 0 Å². The lowest BCUT2D eigenvalue weighted by Gasteiger charge is -2.11. The van der Waals surface area contributed by atoms with E-state index in [-0.39, 0.29) is 0 Å². The normalized spacial score (nSPS) is 10.8. The van der Waals surface area contributed by atoms with Crippen molar-refractivity contribution in [3.63, 3.8) is 0 Å². The Balaban J connectivity index is 2.52. The molecule has 2 rings (SSSR count). The molecule has 0 amide bonds. The lowest BCUT2D eigenvalue weighted by molar-refractivity contribution is 0.866. The summed E-state index contributed by atoms with van der Waals surface area (Å²) < 4.78 is 0. The number of aryl methyl sites for hydroxylation is 1. The molecule has 0 heteroatoms. The fraction of sp³-hybridized carbons (Fsp3) is 0.250. The van der Waals surface area contributed by atoms with Gasteiger partial charge in [0.2, 0.25) is 0 Å². The van der Waals surface area contributed by atoms with Crippen molar-refractivity contribution >= 4 is 0 Å². The van der Waals surface area contributed by atoms with E-state index in [2.05, 4.69) is 69.3 Å². The molecule has 0 aliphatic carbocycles. The molecule has 0 heterocycles. The number of benzene rings is 2. The third-order valence-corrected chi connectivity index (χ3v) is 3.01. The Morgan fingerprint density at radius 3 is 2.19 bits per heavy atom. The predicted octanol–water partition coefficient (Wildman–Crippen LogP) is 4.79. The molecule has 0 radical (unpaired) electrons. The number of rotatable bonds is 2. The van der Waals surface area contributed by atoms with Crippen molar-refractivity contribution in [1.82, 2.24) is 0 Å². The van der Waals surface area contributed by atoms with Crippen LogP contribution < -0.4 is 0 Å². The first kappa shape index (κ1) is 10.9. The minimum atomic E-state index is 0.586. The zero-order chi connectivity index (χ0) is 11.5. The Morgan fingerprint density at radius 1 is 0.875 bits per heavy atom. The molecule has 0 saturated carbocycles. The van der Waals surface area contributed by atoms with E-state index in [9.17, 15) is 0 Å². The van der Waals surface area contributed by atoms with Gasteiger partial charge < -0.3 is 0 Å². The third kappa shape index (κ3) is 2.16. The fourth-order valence-electron chi connectivity index (χ4n) is 1.93. The van der Waals surface area contributed by atoms with Gasteiger partial charge in [-0.25, -0.2) is 0 Å². The maximum atomic E-state index is 2.31. The van der Waals surface area contributed by atoms with E-state index in [1.165, 1.54) is 22.3 Å². The van der Waals surface area contributed by atoms with E-state index in [0.29, 0.717) is 5.92 Å². The van der Waals surface area contributed by atoms with Gasteiger partial charge in [0.25, 0.3) is 0 Å². The van der Waals surface area contributed by atoms with Crippen LogP contribution in [0.15, 0.2) is 48.5 Å². The molecule has 0 aliphatic heterocycles. The van der Waals surface area contributed by atoms with Crippen molar-refractivity contribution in [2.24, 2.45) is 0 Å². The van der Waals surface area contributed by atoms with Crippen molar-refractivity contribution < 1.29 is 0 Å². The molecule has 0 nitrogen and oxygen atoms in total. The molecule has 0 atom stereocenters. The quantitative estimate of drug-likeness (QED) is 0.668. The molecule has 82 valence electrons. The maximum absolute atomic E-state index is 2.31. The SMILES string of the molecule is Cc1ccc(C(C)C)cc1-c1ccccc1. The highest BCUT2D eigenvalue weighted by molar-refractivity contribution is 5.67. The first-order valence-electron chi connectivity index (χ1n) is 5.84. The van der Waals surface area contributed by atoms with Gasteiger partial charge in [0.15, 0.2) is 0 Å². The van der Waals surface area contributed by atoms with Crippen LogP contribution in [-0.4, -0.2) is 0 Å². The molecule has 0 aromatic heterocycles. The number of hydrogen-bond donors (Lipinski definition) is 0. The zero-order valence-electron chi connectivity index (χ0n) is 10.2. The van der Waals surface area contributed by atoms with Crippen LogP contribution in [0.5, 0.6) is 0 Å². The summed E-state index contributed by atoms with van der Waals surface area (Å²) in [5.41, 5.74) is 5.41. The van der Waals surface area contributed by atoms with Gasteiger partial charge in [-0.15, -0.1) is 0 Å². The van der Waals surface area contributed by atoms with Crippen LogP contribution in [0.3, 0.4) is 0 Å². The van der Waals surface area contributed by atoms with Crippen LogP contribution in [-0.2, 0) is 0 Å². The standard InChI is InChI=1S/C16H18/c1-12(2)15-10-9-13(3)16(11-15)14-7-5-4-6-8-14/h4-12H,1-3H3. The van der Waals surface area contributed by atoms with Crippen molar-refractivity contribution in [3.05, 3.63) is 59.7 Å². The molecule has 2 aromatic rings. The van der Waals surface area contributed by atoms with Gasteiger partial charge in [0.1, 0.15) is 0 Å². The minimum absolute atomic E-state index is 0.586. The Hall–Kier alpha value is -1.56. The lowest BCUT2D eigenvalue weighted by atomic mass is 9.94. The Labute approximate surface area is 97.9 Å². The van der Waals surface area contributed by atoms with Gasteiger partial charge in [-0.05, 0) is 35.1 Å². The summed E-state index contributed by atoms with van der Waals surface area (Å²) in [6.07, 6.45) is 0. The van der Waals surface area contributed by atoms with Crippen LogP contribution in [0.2, 0.25) is 0 Å². The Morgan fingerprint density at radius 2 is 1.56 bits per heavy atom. The van der Waals surface area contributed by atoms with Gasteiger partial charge >= 0.3 is 0 Å². The van der Waals surface area contributed by atoms with Crippen LogP contribution >= 0.6 is 0 Å². The molecule has 0 saturated heterocycles. The van der Waals surface area contributed by atoms with Crippen LogP contribution in [0.4, 0.5) is 0 Å². The summed E-state index contributed by atoms with van der Waals surface area (Å²) in [4.78, 5) is 0. The molecule has 0 bridgehead atoms. The van der Waals surface area contributed by atoms with Crippen LogP contribution in [0, 0.1) is 6.92 Å². The molecule has 0 N–H and O–H groups in total. The summed E-state index contributed by atoms with van der Waals surface area (Å²) in [5, 5.41) is 0. The van der Waals surface area contributed by atoms with E-state index < -0.39 is 0 Å². The van der Waals surface area contributed by atoms with E-state index in [0.717, 1.165) is 0 Å². The molecule has 0 fully saturated rings. The smallest absolute Gasteiger partial charge is 0.0152 e.